The molecule has 0 bridgehead atoms. The summed E-state index contributed by atoms with van der Waals surface area (Å²) in [5.74, 6) is 0.573. The second-order valence-electron chi connectivity index (χ2n) is 5.40. The van der Waals surface area contributed by atoms with E-state index in [1.807, 2.05) is 0 Å². The molecule has 2 aromatic carbocycles. The van der Waals surface area contributed by atoms with Crippen LogP contribution in [0.4, 0.5) is 5.69 Å². The molecular weight excluding hydrogens is 330 g/mol. The Hall–Kier alpha value is -2.54. The van der Waals surface area contributed by atoms with Crippen LogP contribution in [0.15, 0.2) is 47.4 Å². The molecule has 0 unspecified atom stereocenters. The van der Waals surface area contributed by atoms with Crippen LogP contribution < -0.4 is 14.8 Å². The lowest BCUT2D eigenvalue weighted by Gasteiger charge is -2.17. The van der Waals surface area contributed by atoms with E-state index in [-0.39, 0.29) is 17.2 Å². The third-order valence-electron chi connectivity index (χ3n) is 3.99. The number of carbonyl (C=O) groups is 1. The number of carbonyl (C=O) groups excluding carboxylic acids is 1. The van der Waals surface area contributed by atoms with Crippen molar-refractivity contribution in [2.45, 2.75) is 16.6 Å². The van der Waals surface area contributed by atoms with Gasteiger partial charge in [0, 0.05) is 6.42 Å². The molecule has 0 aromatic heterocycles. The van der Waals surface area contributed by atoms with Crippen LogP contribution in [0.25, 0.3) is 0 Å². The highest BCUT2D eigenvalue weighted by Gasteiger charge is 2.36. The standard InChI is InChI=1S/C17H17NO5S/c1-22-13-8-7-11(9-14(13)23-2)16-10-17(19)18-12-5-3-4-6-15(12)24(16,20)21/h3-9,16H,10H2,1-2H3,(H,18,19)/t16-/m0/s1. The molecule has 2 aromatic rings. The van der Waals surface area contributed by atoms with E-state index in [4.69, 9.17) is 9.47 Å². The lowest BCUT2D eigenvalue weighted by Crippen LogP contribution is -2.16. The fourth-order valence-electron chi connectivity index (χ4n) is 2.80. The van der Waals surface area contributed by atoms with E-state index in [0.717, 1.165) is 0 Å². The Balaban J connectivity index is 2.15. The smallest absolute Gasteiger partial charge is 0.226 e. The zero-order chi connectivity index (χ0) is 17.3. The van der Waals surface area contributed by atoms with Gasteiger partial charge in [-0.05, 0) is 29.8 Å². The first-order valence-electron chi connectivity index (χ1n) is 7.32. The minimum absolute atomic E-state index is 0.121. The molecule has 1 aliphatic rings. The number of methoxy groups -OCH3 is 2. The number of anilines is 1. The van der Waals surface area contributed by atoms with Gasteiger partial charge in [-0.3, -0.25) is 4.79 Å². The van der Waals surface area contributed by atoms with Gasteiger partial charge in [0.15, 0.2) is 21.3 Å². The summed E-state index contributed by atoms with van der Waals surface area (Å²) < 4.78 is 36.5. The van der Waals surface area contributed by atoms with Crippen molar-refractivity contribution in [2.75, 3.05) is 19.5 Å². The summed E-state index contributed by atoms with van der Waals surface area (Å²) in [4.78, 5) is 12.3. The van der Waals surface area contributed by atoms with Gasteiger partial charge in [-0.1, -0.05) is 18.2 Å². The van der Waals surface area contributed by atoms with Gasteiger partial charge in [0.25, 0.3) is 0 Å². The van der Waals surface area contributed by atoms with Crippen molar-refractivity contribution in [2.24, 2.45) is 0 Å². The van der Waals surface area contributed by atoms with Crippen LogP contribution in [0.2, 0.25) is 0 Å². The maximum atomic E-state index is 13.1. The molecule has 0 radical (unpaired) electrons. The second-order valence-corrected chi connectivity index (χ2v) is 7.50. The fraction of sp³-hybridized carbons (Fsp3) is 0.235. The summed E-state index contributed by atoms with van der Waals surface area (Å²) in [6, 6.07) is 11.3. The molecule has 1 aliphatic heterocycles. The van der Waals surface area contributed by atoms with E-state index in [2.05, 4.69) is 5.32 Å². The molecule has 7 heteroatoms. The van der Waals surface area contributed by atoms with E-state index in [9.17, 15) is 13.2 Å². The normalized spacial score (nSPS) is 18.9. The van der Waals surface area contributed by atoms with Crippen molar-refractivity contribution in [1.29, 1.82) is 0 Å². The molecule has 0 saturated heterocycles. The molecule has 1 atom stereocenters. The van der Waals surface area contributed by atoms with Crippen LogP contribution in [-0.4, -0.2) is 28.5 Å². The van der Waals surface area contributed by atoms with Crippen LogP contribution in [0.5, 0.6) is 11.5 Å². The van der Waals surface area contributed by atoms with Crippen LogP contribution >= 0.6 is 0 Å². The number of rotatable bonds is 3. The van der Waals surface area contributed by atoms with Crippen LogP contribution in [0.1, 0.15) is 17.2 Å². The van der Waals surface area contributed by atoms with E-state index >= 15 is 0 Å². The number of amides is 1. The summed E-state index contributed by atoms with van der Waals surface area (Å²) in [5, 5.41) is 1.67. The monoisotopic (exact) mass is 347 g/mol. The molecule has 1 N–H and O–H groups in total. The summed E-state index contributed by atoms with van der Waals surface area (Å²) in [6.45, 7) is 0. The molecule has 0 fully saturated rings. The van der Waals surface area contributed by atoms with Crippen molar-refractivity contribution in [3.8, 4) is 11.5 Å². The number of hydrogen-bond donors (Lipinski definition) is 1. The molecule has 0 spiro atoms. The number of sulfone groups is 1. The van der Waals surface area contributed by atoms with E-state index in [1.54, 1.807) is 36.4 Å². The van der Waals surface area contributed by atoms with Crippen LogP contribution in [0, 0.1) is 0 Å². The molecule has 126 valence electrons. The second kappa shape index (κ2) is 6.16. The number of ether oxygens (including phenoxy) is 2. The van der Waals surface area contributed by atoms with Gasteiger partial charge >= 0.3 is 0 Å². The van der Waals surface area contributed by atoms with Gasteiger partial charge in [0.2, 0.25) is 5.91 Å². The van der Waals surface area contributed by atoms with Crippen LogP contribution in [0.3, 0.4) is 0 Å². The van der Waals surface area contributed by atoms with E-state index in [0.29, 0.717) is 22.7 Å². The highest BCUT2D eigenvalue weighted by molar-refractivity contribution is 7.92. The molecule has 3 rings (SSSR count). The van der Waals surface area contributed by atoms with E-state index < -0.39 is 15.1 Å². The van der Waals surface area contributed by atoms with E-state index in [1.165, 1.54) is 20.3 Å². The predicted molar refractivity (Wildman–Crippen MR) is 89.2 cm³/mol. The number of fused-ring (bicyclic) bond motifs is 1. The number of nitrogens with one attached hydrogen (secondary N) is 1. The lowest BCUT2D eigenvalue weighted by molar-refractivity contribution is -0.116. The van der Waals surface area contributed by atoms with Crippen molar-refractivity contribution in [3.05, 3.63) is 48.0 Å². The van der Waals surface area contributed by atoms with Gasteiger partial charge in [0.1, 0.15) is 0 Å². The average molecular weight is 347 g/mol. The summed E-state index contributed by atoms with van der Waals surface area (Å²) in [7, 11) is -0.749. The first-order chi connectivity index (χ1) is 11.5. The molecule has 0 aliphatic carbocycles. The Bertz CT molecular complexity index is 892. The fourth-order valence-corrected chi connectivity index (χ4v) is 4.68. The van der Waals surface area contributed by atoms with Gasteiger partial charge in [-0.15, -0.1) is 0 Å². The summed E-state index contributed by atoms with van der Waals surface area (Å²) in [6.07, 6.45) is -0.160. The Morgan fingerprint density at radius 1 is 1.04 bits per heavy atom. The molecule has 24 heavy (non-hydrogen) atoms. The minimum Gasteiger partial charge on any atom is -0.493 e. The SMILES string of the molecule is COc1ccc([C@@H]2CC(=O)Nc3ccccc3S2(=O)=O)cc1OC. The third-order valence-corrected chi connectivity index (χ3v) is 6.15. The number of benzene rings is 2. The molecule has 6 nitrogen and oxygen atoms in total. The summed E-state index contributed by atoms with van der Waals surface area (Å²) >= 11 is 0. The average Bonchev–Trinajstić information content (AvgIpc) is 2.68. The lowest BCUT2D eigenvalue weighted by atomic mass is 10.1. The van der Waals surface area contributed by atoms with Crippen molar-refractivity contribution >= 4 is 21.4 Å². The molecule has 0 saturated carbocycles. The largest absolute Gasteiger partial charge is 0.493 e. The van der Waals surface area contributed by atoms with Gasteiger partial charge < -0.3 is 14.8 Å². The van der Waals surface area contributed by atoms with Gasteiger partial charge in [-0.2, -0.15) is 0 Å². The zero-order valence-corrected chi connectivity index (χ0v) is 14.1. The van der Waals surface area contributed by atoms with Crippen molar-refractivity contribution < 1.29 is 22.7 Å². The maximum Gasteiger partial charge on any atom is 0.226 e. The van der Waals surface area contributed by atoms with Crippen LogP contribution in [-0.2, 0) is 14.6 Å². The first kappa shape index (κ1) is 16.3. The maximum absolute atomic E-state index is 13.1. The summed E-state index contributed by atoms with van der Waals surface area (Å²) in [5.41, 5.74) is 0.796. The Labute approximate surface area is 140 Å². The topological polar surface area (TPSA) is 81.7 Å². The highest BCUT2D eigenvalue weighted by atomic mass is 32.2. The Morgan fingerprint density at radius 2 is 1.75 bits per heavy atom. The number of hydrogen-bond acceptors (Lipinski definition) is 5. The van der Waals surface area contributed by atoms with Crippen molar-refractivity contribution in [3.63, 3.8) is 0 Å². The molecular formula is C17H17NO5S. The predicted octanol–water partition coefficient (Wildman–Crippen LogP) is 2.56. The minimum atomic E-state index is -3.73. The van der Waals surface area contributed by atoms with Gasteiger partial charge in [0.05, 0.1) is 30.1 Å². The molecule has 1 amide bonds. The van der Waals surface area contributed by atoms with Crippen molar-refractivity contribution in [1.82, 2.24) is 0 Å². The first-order valence-corrected chi connectivity index (χ1v) is 8.86. The quantitative estimate of drug-likeness (QED) is 0.923. The Kier molecular flexibility index (Phi) is 4.19. The Morgan fingerprint density at radius 3 is 2.46 bits per heavy atom. The third kappa shape index (κ3) is 2.71. The molecule has 1 heterocycles. The zero-order valence-electron chi connectivity index (χ0n) is 13.3. The van der Waals surface area contributed by atoms with Gasteiger partial charge in [-0.25, -0.2) is 8.42 Å². The number of para-hydroxylation sites is 1. The highest BCUT2D eigenvalue weighted by Crippen LogP contribution is 2.40.